The topological polar surface area (TPSA) is 29.1 Å². The molecule has 0 spiro atoms. The molecule has 1 heterocycles. The van der Waals surface area contributed by atoms with Gasteiger partial charge in [0.05, 0.1) is 0 Å². The minimum atomic E-state index is -0.112. The minimum absolute atomic E-state index is 0.0308. The van der Waals surface area contributed by atoms with E-state index in [4.69, 9.17) is 0 Å². The second-order valence-corrected chi connectivity index (χ2v) is 7.61. The van der Waals surface area contributed by atoms with Crippen molar-refractivity contribution in [2.45, 2.75) is 31.2 Å². The summed E-state index contributed by atoms with van der Waals surface area (Å²) >= 11 is 0. The van der Waals surface area contributed by atoms with Crippen molar-refractivity contribution in [2.75, 3.05) is 0 Å². The molecular formula is C24H21NO. The second-order valence-electron chi connectivity index (χ2n) is 7.61. The lowest BCUT2D eigenvalue weighted by atomic mass is 9.66. The van der Waals surface area contributed by atoms with E-state index in [0.717, 1.165) is 12.8 Å². The third-order valence-electron chi connectivity index (χ3n) is 6.11. The summed E-state index contributed by atoms with van der Waals surface area (Å²) in [5, 5.41) is 5.71. The fraction of sp³-hybridized carbons (Fsp3) is 0.208. The first-order valence-electron chi connectivity index (χ1n) is 9.26. The zero-order valence-corrected chi connectivity index (χ0v) is 14.8. The Labute approximate surface area is 153 Å². The van der Waals surface area contributed by atoms with Crippen molar-refractivity contribution in [3.05, 3.63) is 83.9 Å². The monoisotopic (exact) mass is 339 g/mol. The molecule has 0 fully saturated rings. The molecule has 26 heavy (non-hydrogen) atoms. The van der Waals surface area contributed by atoms with E-state index in [-0.39, 0.29) is 17.4 Å². The van der Waals surface area contributed by atoms with Crippen molar-refractivity contribution in [3.63, 3.8) is 0 Å². The highest BCUT2D eigenvalue weighted by Gasteiger charge is 2.41. The van der Waals surface area contributed by atoms with E-state index in [0.29, 0.717) is 0 Å². The van der Waals surface area contributed by atoms with E-state index < -0.39 is 0 Å². The van der Waals surface area contributed by atoms with Gasteiger partial charge in [0.1, 0.15) is 0 Å². The summed E-state index contributed by atoms with van der Waals surface area (Å²) < 4.78 is 0. The third kappa shape index (κ3) is 2.22. The summed E-state index contributed by atoms with van der Waals surface area (Å²) in [5.74, 6) is 0.0308. The molecule has 0 radical (unpaired) electrons. The highest BCUT2D eigenvalue weighted by Crippen LogP contribution is 2.42. The number of nitrogens with one attached hydrogen (secondary N) is 1. The Kier molecular flexibility index (Phi) is 3.30. The Bertz CT molecular complexity index is 1060. The second kappa shape index (κ2) is 5.57. The van der Waals surface area contributed by atoms with Gasteiger partial charge in [-0.3, -0.25) is 4.79 Å². The van der Waals surface area contributed by atoms with Gasteiger partial charge in [0.25, 0.3) is 0 Å². The lowest BCUT2D eigenvalue weighted by Gasteiger charge is -2.43. The van der Waals surface area contributed by atoms with Crippen LogP contribution in [-0.2, 0) is 16.6 Å². The van der Waals surface area contributed by atoms with Crippen LogP contribution in [0.4, 0.5) is 0 Å². The van der Waals surface area contributed by atoms with Crippen molar-refractivity contribution in [2.24, 2.45) is 0 Å². The van der Waals surface area contributed by atoms with Crippen LogP contribution in [-0.4, -0.2) is 11.9 Å². The van der Waals surface area contributed by atoms with Gasteiger partial charge in [0.15, 0.2) is 0 Å². The van der Waals surface area contributed by atoms with Gasteiger partial charge in [0, 0.05) is 11.5 Å². The molecule has 5 rings (SSSR count). The van der Waals surface area contributed by atoms with E-state index in [1.54, 1.807) is 6.08 Å². The number of aryl methyl sites for hydroxylation is 1. The molecule has 0 saturated carbocycles. The normalized spacial score (nSPS) is 24.0. The molecule has 1 amide bonds. The zero-order chi connectivity index (χ0) is 17.7. The number of fused-ring (bicyclic) bond motifs is 4. The number of benzene rings is 3. The van der Waals surface area contributed by atoms with Crippen LogP contribution < -0.4 is 5.32 Å². The summed E-state index contributed by atoms with van der Waals surface area (Å²) in [6.07, 6.45) is 5.76. The van der Waals surface area contributed by atoms with Crippen LogP contribution in [0.5, 0.6) is 0 Å². The molecule has 1 aliphatic heterocycles. The van der Waals surface area contributed by atoms with Gasteiger partial charge >= 0.3 is 0 Å². The SMILES string of the molecule is C[C@]12C=CC(=O)N[C@@H]1CCc1cc(-c3cccc4ccccc34)ccc12. The summed E-state index contributed by atoms with van der Waals surface area (Å²) in [6.45, 7) is 2.24. The van der Waals surface area contributed by atoms with E-state index in [2.05, 4.69) is 79.0 Å². The predicted molar refractivity (Wildman–Crippen MR) is 106 cm³/mol. The van der Waals surface area contributed by atoms with Crippen LogP contribution >= 0.6 is 0 Å². The lowest BCUT2D eigenvalue weighted by Crippen LogP contribution is -2.53. The maximum atomic E-state index is 11.7. The molecule has 2 atom stereocenters. The Morgan fingerprint density at radius 1 is 1.04 bits per heavy atom. The number of hydrogen-bond donors (Lipinski definition) is 1. The van der Waals surface area contributed by atoms with E-state index >= 15 is 0 Å². The first kappa shape index (κ1) is 15.4. The van der Waals surface area contributed by atoms with Gasteiger partial charge in [-0.05, 0) is 58.9 Å². The van der Waals surface area contributed by atoms with Crippen molar-refractivity contribution in [1.82, 2.24) is 5.32 Å². The van der Waals surface area contributed by atoms with Gasteiger partial charge < -0.3 is 5.32 Å². The van der Waals surface area contributed by atoms with Crippen molar-refractivity contribution >= 4 is 16.7 Å². The highest BCUT2D eigenvalue weighted by molar-refractivity contribution is 5.96. The molecule has 0 unspecified atom stereocenters. The molecular weight excluding hydrogens is 318 g/mol. The maximum Gasteiger partial charge on any atom is 0.243 e. The van der Waals surface area contributed by atoms with Crippen molar-refractivity contribution < 1.29 is 4.79 Å². The summed E-state index contributed by atoms with van der Waals surface area (Å²) in [4.78, 5) is 11.7. The fourth-order valence-corrected chi connectivity index (χ4v) is 4.65. The number of carbonyl (C=O) groups is 1. The Morgan fingerprint density at radius 3 is 2.81 bits per heavy atom. The smallest absolute Gasteiger partial charge is 0.243 e. The Hall–Kier alpha value is -2.87. The average Bonchev–Trinajstić information content (AvgIpc) is 2.68. The van der Waals surface area contributed by atoms with Crippen LogP contribution in [0.25, 0.3) is 21.9 Å². The number of amides is 1. The first-order chi connectivity index (χ1) is 12.6. The van der Waals surface area contributed by atoms with E-state index in [1.165, 1.54) is 33.0 Å². The molecule has 2 heteroatoms. The fourth-order valence-electron chi connectivity index (χ4n) is 4.65. The van der Waals surface area contributed by atoms with Crippen LogP contribution in [0.3, 0.4) is 0 Å². The van der Waals surface area contributed by atoms with Crippen LogP contribution in [0.1, 0.15) is 24.5 Å². The Balaban J connectivity index is 1.65. The quantitative estimate of drug-likeness (QED) is 0.680. The molecule has 1 aliphatic carbocycles. The molecule has 2 aliphatic rings. The van der Waals surface area contributed by atoms with Crippen LogP contribution in [0.15, 0.2) is 72.8 Å². The van der Waals surface area contributed by atoms with E-state index in [1.807, 2.05) is 0 Å². The number of rotatable bonds is 1. The summed E-state index contributed by atoms with van der Waals surface area (Å²) in [7, 11) is 0. The zero-order valence-electron chi connectivity index (χ0n) is 14.8. The third-order valence-corrected chi connectivity index (χ3v) is 6.11. The average molecular weight is 339 g/mol. The van der Waals surface area contributed by atoms with Crippen molar-refractivity contribution in [1.29, 1.82) is 0 Å². The molecule has 1 N–H and O–H groups in total. The van der Waals surface area contributed by atoms with Gasteiger partial charge in [-0.1, -0.05) is 66.7 Å². The molecule has 2 nitrogen and oxygen atoms in total. The summed E-state index contributed by atoms with van der Waals surface area (Å²) in [5.41, 5.74) is 5.18. The molecule has 3 aromatic carbocycles. The van der Waals surface area contributed by atoms with Gasteiger partial charge in [-0.15, -0.1) is 0 Å². The van der Waals surface area contributed by atoms with Crippen LogP contribution in [0.2, 0.25) is 0 Å². The predicted octanol–water partition coefficient (Wildman–Crippen LogP) is 4.77. The minimum Gasteiger partial charge on any atom is -0.349 e. The molecule has 128 valence electrons. The molecule has 3 aromatic rings. The maximum absolute atomic E-state index is 11.7. The largest absolute Gasteiger partial charge is 0.349 e. The molecule has 0 bridgehead atoms. The van der Waals surface area contributed by atoms with E-state index in [9.17, 15) is 4.79 Å². The van der Waals surface area contributed by atoms with Crippen molar-refractivity contribution in [3.8, 4) is 11.1 Å². The Morgan fingerprint density at radius 2 is 1.88 bits per heavy atom. The van der Waals surface area contributed by atoms with Gasteiger partial charge in [-0.25, -0.2) is 0 Å². The number of hydrogen-bond acceptors (Lipinski definition) is 1. The van der Waals surface area contributed by atoms with Gasteiger partial charge in [-0.2, -0.15) is 0 Å². The first-order valence-corrected chi connectivity index (χ1v) is 9.26. The summed E-state index contributed by atoms with van der Waals surface area (Å²) in [6, 6.07) is 22.1. The number of carbonyl (C=O) groups excluding carboxylic acids is 1. The molecule has 0 saturated heterocycles. The van der Waals surface area contributed by atoms with Crippen LogP contribution in [0, 0.1) is 0 Å². The molecule has 0 aromatic heterocycles. The highest BCUT2D eigenvalue weighted by atomic mass is 16.1. The standard InChI is InChI=1S/C24H21NO/c1-24-14-13-23(26)25-22(24)12-10-18-15-17(9-11-21(18)24)20-8-4-6-16-5-2-3-7-19(16)20/h2-9,11,13-15,22H,10,12H2,1H3,(H,25,26)/t22-,24-/m1/s1. The lowest BCUT2D eigenvalue weighted by molar-refractivity contribution is -0.118. The van der Waals surface area contributed by atoms with Gasteiger partial charge in [0.2, 0.25) is 5.91 Å².